The summed E-state index contributed by atoms with van der Waals surface area (Å²) < 4.78 is 27.4. The van der Waals surface area contributed by atoms with Crippen LogP contribution in [0.5, 0.6) is 0 Å². The number of benzene rings is 1. The number of carbonyl (C=O) groups excluding carboxylic acids is 1. The first kappa shape index (κ1) is 23.2. The Bertz CT molecular complexity index is 609. The van der Waals surface area contributed by atoms with Gasteiger partial charge in [0.2, 0.25) is 15.9 Å². The van der Waals surface area contributed by atoms with Crippen LogP contribution in [0.1, 0.15) is 18.9 Å². The number of rotatable bonds is 9. The van der Waals surface area contributed by atoms with Crippen molar-refractivity contribution in [2.45, 2.75) is 37.2 Å². The molecule has 0 spiro atoms. The summed E-state index contributed by atoms with van der Waals surface area (Å²) in [7, 11) is -3.75. The largest absolute Gasteiger partial charge is 0.351 e. The van der Waals surface area contributed by atoms with Gasteiger partial charge in [0, 0.05) is 12.6 Å². The van der Waals surface area contributed by atoms with E-state index in [1.165, 1.54) is 12.1 Å². The van der Waals surface area contributed by atoms with Crippen molar-refractivity contribution in [3.63, 3.8) is 0 Å². The Morgan fingerprint density at radius 1 is 1.29 bits per heavy atom. The molecule has 0 bridgehead atoms. The standard InChI is InChI=1S/C15H25N3O3S2.ClH/c1-11-4-6-13(7-5-11)23(20,21)18-14(8-9-22-3)15(19)17-12(2)10-16;/h4-7,12,14,18H,8-10,16H2,1-3H3,(H,17,19);1H/t12-,14?;/m0./s1. The van der Waals surface area contributed by atoms with Crippen molar-refractivity contribution in [3.8, 4) is 0 Å². The molecule has 0 aliphatic heterocycles. The molecule has 2 atom stereocenters. The second-order valence-corrected chi connectivity index (χ2v) is 8.11. The Hall–Kier alpha value is -0.800. The van der Waals surface area contributed by atoms with Crippen LogP contribution >= 0.6 is 24.2 Å². The number of nitrogens with one attached hydrogen (secondary N) is 2. The third-order valence-electron chi connectivity index (χ3n) is 3.30. The zero-order valence-electron chi connectivity index (χ0n) is 14.1. The molecule has 9 heteroatoms. The maximum atomic E-state index is 12.5. The number of aryl methyl sites for hydroxylation is 1. The van der Waals surface area contributed by atoms with Gasteiger partial charge in [0.05, 0.1) is 4.90 Å². The summed E-state index contributed by atoms with van der Waals surface area (Å²) in [6.07, 6.45) is 2.32. The van der Waals surface area contributed by atoms with E-state index in [-0.39, 0.29) is 29.3 Å². The quantitative estimate of drug-likeness (QED) is 0.584. The van der Waals surface area contributed by atoms with Gasteiger partial charge in [-0.25, -0.2) is 8.42 Å². The molecule has 0 aliphatic rings. The number of sulfonamides is 1. The molecule has 1 unspecified atom stereocenters. The lowest BCUT2D eigenvalue weighted by Crippen LogP contribution is -2.50. The van der Waals surface area contributed by atoms with E-state index in [2.05, 4.69) is 10.0 Å². The van der Waals surface area contributed by atoms with Gasteiger partial charge in [-0.1, -0.05) is 17.7 Å². The normalized spacial score (nSPS) is 13.7. The van der Waals surface area contributed by atoms with Gasteiger partial charge in [0.15, 0.2) is 0 Å². The SMILES string of the molecule is CSCCC(NS(=O)(=O)c1ccc(C)cc1)C(=O)N[C@@H](C)CN.Cl. The molecule has 0 radical (unpaired) electrons. The van der Waals surface area contributed by atoms with E-state index in [0.29, 0.717) is 18.7 Å². The van der Waals surface area contributed by atoms with Crippen LogP contribution in [0.3, 0.4) is 0 Å². The average molecular weight is 396 g/mol. The number of hydrogen-bond acceptors (Lipinski definition) is 5. The van der Waals surface area contributed by atoms with E-state index < -0.39 is 16.1 Å². The van der Waals surface area contributed by atoms with Crippen molar-refractivity contribution < 1.29 is 13.2 Å². The molecule has 0 saturated carbocycles. The van der Waals surface area contributed by atoms with Gasteiger partial charge in [-0.05, 0) is 44.4 Å². The fourth-order valence-corrected chi connectivity index (χ4v) is 3.56. The Morgan fingerprint density at radius 3 is 2.38 bits per heavy atom. The Labute approximate surface area is 154 Å². The van der Waals surface area contributed by atoms with Crippen LogP contribution < -0.4 is 15.8 Å². The number of thioether (sulfide) groups is 1. The van der Waals surface area contributed by atoms with Crippen LogP contribution in [0.25, 0.3) is 0 Å². The first-order chi connectivity index (χ1) is 10.8. The predicted molar refractivity (Wildman–Crippen MR) is 102 cm³/mol. The molecule has 0 aromatic heterocycles. The van der Waals surface area contributed by atoms with Gasteiger partial charge in [-0.2, -0.15) is 16.5 Å². The van der Waals surface area contributed by atoms with E-state index in [1.807, 2.05) is 13.2 Å². The minimum absolute atomic E-state index is 0. The van der Waals surface area contributed by atoms with Crippen LogP contribution in [-0.2, 0) is 14.8 Å². The summed E-state index contributed by atoms with van der Waals surface area (Å²) in [4.78, 5) is 12.4. The molecule has 1 rings (SSSR count). The van der Waals surface area contributed by atoms with Crippen LogP contribution in [-0.4, -0.2) is 45.0 Å². The van der Waals surface area contributed by atoms with Crippen molar-refractivity contribution in [2.24, 2.45) is 5.73 Å². The lowest BCUT2D eigenvalue weighted by Gasteiger charge is -2.20. The van der Waals surface area contributed by atoms with Gasteiger partial charge in [-0.15, -0.1) is 12.4 Å². The van der Waals surface area contributed by atoms with Crippen molar-refractivity contribution in [3.05, 3.63) is 29.8 Å². The first-order valence-corrected chi connectivity index (χ1v) is 10.3. The van der Waals surface area contributed by atoms with Crippen LogP contribution in [0.4, 0.5) is 0 Å². The molecule has 0 fully saturated rings. The summed E-state index contributed by atoms with van der Waals surface area (Å²) in [5, 5.41) is 2.72. The van der Waals surface area contributed by atoms with E-state index >= 15 is 0 Å². The molecule has 138 valence electrons. The second kappa shape index (κ2) is 10.9. The highest BCUT2D eigenvalue weighted by atomic mass is 35.5. The summed E-state index contributed by atoms with van der Waals surface area (Å²) in [6.45, 7) is 3.95. The van der Waals surface area contributed by atoms with Gasteiger partial charge >= 0.3 is 0 Å². The third-order valence-corrected chi connectivity index (χ3v) is 5.43. The monoisotopic (exact) mass is 395 g/mol. The smallest absolute Gasteiger partial charge is 0.241 e. The van der Waals surface area contributed by atoms with Gasteiger partial charge < -0.3 is 11.1 Å². The molecule has 1 amide bonds. The number of nitrogens with two attached hydrogens (primary N) is 1. The number of halogens is 1. The van der Waals surface area contributed by atoms with Gasteiger partial charge in [0.1, 0.15) is 6.04 Å². The first-order valence-electron chi connectivity index (χ1n) is 7.38. The van der Waals surface area contributed by atoms with Gasteiger partial charge in [0.25, 0.3) is 0 Å². The molecule has 0 saturated heterocycles. The van der Waals surface area contributed by atoms with E-state index in [4.69, 9.17) is 5.73 Å². The molecule has 4 N–H and O–H groups in total. The summed E-state index contributed by atoms with van der Waals surface area (Å²) in [6, 6.07) is 5.49. The highest BCUT2D eigenvalue weighted by molar-refractivity contribution is 7.98. The van der Waals surface area contributed by atoms with Crippen molar-refractivity contribution in [1.29, 1.82) is 0 Å². The van der Waals surface area contributed by atoms with Crippen molar-refractivity contribution in [2.75, 3.05) is 18.6 Å². The minimum atomic E-state index is -3.75. The molecule has 0 heterocycles. The maximum absolute atomic E-state index is 12.5. The van der Waals surface area contributed by atoms with Crippen molar-refractivity contribution >= 4 is 40.1 Å². The molecular formula is C15H26ClN3O3S2. The van der Waals surface area contributed by atoms with Crippen LogP contribution in [0.15, 0.2) is 29.2 Å². The lowest BCUT2D eigenvalue weighted by atomic mass is 10.2. The zero-order valence-corrected chi connectivity index (χ0v) is 16.6. The fourth-order valence-electron chi connectivity index (χ4n) is 1.85. The minimum Gasteiger partial charge on any atom is -0.351 e. The van der Waals surface area contributed by atoms with Gasteiger partial charge in [-0.3, -0.25) is 4.79 Å². The van der Waals surface area contributed by atoms with Crippen LogP contribution in [0.2, 0.25) is 0 Å². The summed E-state index contributed by atoms with van der Waals surface area (Å²) in [5.41, 5.74) is 6.47. The Balaban J connectivity index is 0.00000529. The highest BCUT2D eigenvalue weighted by Gasteiger charge is 2.26. The van der Waals surface area contributed by atoms with E-state index in [1.54, 1.807) is 30.8 Å². The molecule has 0 aliphatic carbocycles. The van der Waals surface area contributed by atoms with Crippen LogP contribution in [0, 0.1) is 6.92 Å². The zero-order chi connectivity index (χ0) is 17.5. The maximum Gasteiger partial charge on any atom is 0.241 e. The lowest BCUT2D eigenvalue weighted by molar-refractivity contribution is -0.123. The summed E-state index contributed by atoms with van der Waals surface area (Å²) in [5.74, 6) is 0.318. The Kier molecular flexibility index (Phi) is 10.6. The van der Waals surface area contributed by atoms with E-state index in [0.717, 1.165) is 5.56 Å². The molecule has 24 heavy (non-hydrogen) atoms. The Morgan fingerprint density at radius 2 is 1.88 bits per heavy atom. The number of amides is 1. The highest BCUT2D eigenvalue weighted by Crippen LogP contribution is 2.12. The van der Waals surface area contributed by atoms with Crippen molar-refractivity contribution in [1.82, 2.24) is 10.0 Å². The molecular weight excluding hydrogens is 370 g/mol. The topological polar surface area (TPSA) is 101 Å². The third kappa shape index (κ3) is 7.40. The average Bonchev–Trinajstić information content (AvgIpc) is 2.51. The predicted octanol–water partition coefficient (Wildman–Crippen LogP) is 1.28. The second-order valence-electron chi connectivity index (χ2n) is 5.41. The number of hydrogen-bond donors (Lipinski definition) is 3. The number of carbonyl (C=O) groups is 1. The summed E-state index contributed by atoms with van der Waals surface area (Å²) >= 11 is 1.56. The molecule has 6 nitrogen and oxygen atoms in total. The molecule has 1 aromatic rings. The molecule has 1 aromatic carbocycles. The fraction of sp³-hybridized carbons (Fsp3) is 0.533. The van der Waals surface area contributed by atoms with E-state index in [9.17, 15) is 13.2 Å².